The van der Waals surface area contributed by atoms with Crippen LogP contribution < -0.4 is 4.90 Å². The summed E-state index contributed by atoms with van der Waals surface area (Å²) in [6.45, 7) is 2.99. The van der Waals surface area contributed by atoms with Crippen molar-refractivity contribution in [2.24, 2.45) is 5.92 Å². The van der Waals surface area contributed by atoms with Crippen LogP contribution >= 0.6 is 0 Å². The number of para-hydroxylation sites is 1. The van der Waals surface area contributed by atoms with Crippen LogP contribution in [0.4, 0.5) is 11.4 Å². The predicted octanol–water partition coefficient (Wildman–Crippen LogP) is 3.11. The molecule has 4 heteroatoms. The molecule has 20 heavy (non-hydrogen) atoms. The lowest BCUT2D eigenvalue weighted by molar-refractivity contribution is 0.0691. The third kappa shape index (κ3) is 2.13. The van der Waals surface area contributed by atoms with Gasteiger partial charge in [0.1, 0.15) is 0 Å². The van der Waals surface area contributed by atoms with Crippen molar-refractivity contribution in [1.29, 1.82) is 0 Å². The highest BCUT2D eigenvalue weighted by Gasteiger charge is 2.26. The van der Waals surface area contributed by atoms with Gasteiger partial charge in [0.25, 0.3) is 0 Å². The van der Waals surface area contributed by atoms with Crippen molar-refractivity contribution < 1.29 is 9.90 Å². The minimum absolute atomic E-state index is 0.108. The molecule has 0 aliphatic carbocycles. The van der Waals surface area contributed by atoms with Crippen molar-refractivity contribution in [3.8, 4) is 0 Å². The summed E-state index contributed by atoms with van der Waals surface area (Å²) in [5.41, 5.74) is 3.11. The van der Waals surface area contributed by atoms with Crippen molar-refractivity contribution in [3.63, 3.8) is 0 Å². The van der Waals surface area contributed by atoms with E-state index >= 15 is 0 Å². The van der Waals surface area contributed by atoms with Gasteiger partial charge in [0.15, 0.2) is 5.69 Å². The third-order valence-electron chi connectivity index (χ3n) is 3.62. The summed E-state index contributed by atoms with van der Waals surface area (Å²) in [6, 6.07) is 11.8. The summed E-state index contributed by atoms with van der Waals surface area (Å²) < 4.78 is 0. The molecule has 1 N–H and O–H groups in total. The van der Waals surface area contributed by atoms with Gasteiger partial charge < -0.3 is 10.0 Å². The summed E-state index contributed by atoms with van der Waals surface area (Å²) in [4.78, 5) is 17.4. The van der Waals surface area contributed by atoms with Gasteiger partial charge >= 0.3 is 5.97 Å². The van der Waals surface area contributed by atoms with E-state index in [9.17, 15) is 9.90 Å². The number of aromatic carboxylic acids is 1. The molecule has 0 amide bonds. The predicted molar refractivity (Wildman–Crippen MR) is 77.5 cm³/mol. The lowest BCUT2D eigenvalue weighted by Gasteiger charge is -2.35. The first-order valence-corrected chi connectivity index (χ1v) is 6.70. The minimum Gasteiger partial charge on any atom is -0.476 e. The number of carboxylic acids is 1. The van der Waals surface area contributed by atoms with Gasteiger partial charge in [0, 0.05) is 18.4 Å². The number of rotatable bonds is 2. The Balaban J connectivity index is 2.13. The summed E-state index contributed by atoms with van der Waals surface area (Å²) in [7, 11) is 0. The Labute approximate surface area is 117 Å². The lowest BCUT2D eigenvalue weighted by Crippen LogP contribution is -2.31. The second kappa shape index (κ2) is 4.96. The molecule has 0 saturated carbocycles. The molecule has 1 aromatic carbocycles. The fourth-order valence-corrected chi connectivity index (χ4v) is 2.80. The van der Waals surface area contributed by atoms with Crippen LogP contribution in [-0.4, -0.2) is 22.6 Å². The molecule has 0 radical (unpaired) electrons. The summed E-state index contributed by atoms with van der Waals surface area (Å²) in [5, 5.41) is 9.32. The van der Waals surface area contributed by atoms with E-state index in [1.807, 2.05) is 24.3 Å². The smallest absolute Gasteiger partial charge is 0.356 e. The lowest BCUT2D eigenvalue weighted by atomic mass is 9.93. The van der Waals surface area contributed by atoms with Gasteiger partial charge in [-0.15, -0.1) is 0 Å². The summed E-state index contributed by atoms with van der Waals surface area (Å²) in [5.74, 6) is -0.511. The molecule has 2 aromatic rings. The maximum absolute atomic E-state index is 11.4. The van der Waals surface area contributed by atoms with Crippen molar-refractivity contribution in [2.45, 2.75) is 13.3 Å². The Kier molecular flexibility index (Phi) is 3.14. The van der Waals surface area contributed by atoms with Crippen molar-refractivity contribution in [2.75, 3.05) is 11.4 Å². The van der Waals surface area contributed by atoms with Gasteiger partial charge in [-0.25, -0.2) is 9.78 Å². The maximum Gasteiger partial charge on any atom is 0.356 e. The molecule has 2 heterocycles. The molecule has 3 rings (SSSR count). The first kappa shape index (κ1) is 12.7. The molecule has 102 valence electrons. The SMILES string of the molecule is CC1Cc2ccccc2N(c2cccnc2C(=O)O)C1. The molecule has 1 unspecified atom stereocenters. The van der Waals surface area contributed by atoms with Gasteiger partial charge in [-0.2, -0.15) is 0 Å². The number of hydrogen-bond acceptors (Lipinski definition) is 3. The molecular weight excluding hydrogens is 252 g/mol. The molecule has 0 bridgehead atoms. The molecule has 0 saturated heterocycles. The fraction of sp³-hybridized carbons (Fsp3) is 0.250. The van der Waals surface area contributed by atoms with Crippen LogP contribution in [0.1, 0.15) is 23.0 Å². The van der Waals surface area contributed by atoms with Gasteiger partial charge in [-0.05, 0) is 36.1 Å². The van der Waals surface area contributed by atoms with E-state index < -0.39 is 5.97 Å². The number of aromatic nitrogens is 1. The van der Waals surface area contributed by atoms with E-state index in [1.165, 1.54) is 11.8 Å². The molecule has 4 nitrogen and oxygen atoms in total. The van der Waals surface area contributed by atoms with Gasteiger partial charge in [0.05, 0.1) is 5.69 Å². The van der Waals surface area contributed by atoms with E-state index in [0.29, 0.717) is 11.6 Å². The van der Waals surface area contributed by atoms with Gasteiger partial charge in [-0.1, -0.05) is 25.1 Å². The third-order valence-corrected chi connectivity index (χ3v) is 3.62. The van der Waals surface area contributed by atoms with Crippen LogP contribution in [0.15, 0.2) is 42.6 Å². The zero-order valence-corrected chi connectivity index (χ0v) is 11.3. The van der Waals surface area contributed by atoms with E-state index in [1.54, 1.807) is 6.07 Å². The average molecular weight is 268 g/mol. The first-order chi connectivity index (χ1) is 9.66. The van der Waals surface area contributed by atoms with E-state index in [2.05, 4.69) is 22.9 Å². The standard InChI is InChI=1S/C16H16N2O2/c1-11-9-12-5-2-3-6-13(12)18(10-11)14-7-4-8-17-15(14)16(19)20/h2-8,11H,9-10H2,1H3,(H,19,20). The van der Waals surface area contributed by atoms with Crippen LogP contribution in [0, 0.1) is 5.92 Å². The zero-order valence-electron chi connectivity index (χ0n) is 11.3. The molecule has 1 aliphatic rings. The highest BCUT2D eigenvalue weighted by molar-refractivity contribution is 5.93. The zero-order chi connectivity index (χ0) is 14.1. The molecule has 1 atom stereocenters. The Bertz CT molecular complexity index is 654. The number of carboxylic acid groups (broad SMARTS) is 1. The maximum atomic E-state index is 11.4. The van der Waals surface area contributed by atoms with E-state index in [4.69, 9.17) is 0 Å². The highest BCUT2D eigenvalue weighted by atomic mass is 16.4. The van der Waals surface area contributed by atoms with Gasteiger partial charge in [-0.3, -0.25) is 0 Å². The fourth-order valence-electron chi connectivity index (χ4n) is 2.80. The second-order valence-electron chi connectivity index (χ2n) is 5.22. The Morgan fingerprint density at radius 3 is 2.80 bits per heavy atom. The topological polar surface area (TPSA) is 53.4 Å². The minimum atomic E-state index is -0.990. The van der Waals surface area contributed by atoms with Crippen LogP contribution in [0.2, 0.25) is 0 Å². The summed E-state index contributed by atoms with van der Waals surface area (Å²) in [6.07, 6.45) is 2.54. The number of anilines is 2. The second-order valence-corrected chi connectivity index (χ2v) is 5.22. The normalized spacial score (nSPS) is 17.6. The van der Waals surface area contributed by atoms with Gasteiger partial charge in [0.2, 0.25) is 0 Å². The Hall–Kier alpha value is -2.36. The van der Waals surface area contributed by atoms with Crippen LogP contribution in [0.25, 0.3) is 0 Å². The highest BCUT2D eigenvalue weighted by Crippen LogP contribution is 2.36. The van der Waals surface area contributed by atoms with Crippen molar-refractivity contribution in [1.82, 2.24) is 4.98 Å². The Morgan fingerprint density at radius 2 is 2.00 bits per heavy atom. The molecule has 1 aliphatic heterocycles. The van der Waals surface area contributed by atoms with Crippen LogP contribution in [0.3, 0.4) is 0 Å². The largest absolute Gasteiger partial charge is 0.476 e. The van der Waals surface area contributed by atoms with Crippen molar-refractivity contribution in [3.05, 3.63) is 53.9 Å². The van der Waals surface area contributed by atoms with Crippen LogP contribution in [-0.2, 0) is 6.42 Å². The van der Waals surface area contributed by atoms with E-state index in [0.717, 1.165) is 18.7 Å². The monoisotopic (exact) mass is 268 g/mol. The van der Waals surface area contributed by atoms with Crippen molar-refractivity contribution >= 4 is 17.3 Å². The quantitative estimate of drug-likeness (QED) is 0.909. The van der Waals surface area contributed by atoms with E-state index in [-0.39, 0.29) is 5.69 Å². The average Bonchev–Trinajstić information content (AvgIpc) is 2.46. The molecule has 0 fully saturated rings. The number of carbonyl (C=O) groups is 1. The number of hydrogen-bond donors (Lipinski definition) is 1. The number of pyridine rings is 1. The number of nitrogens with zero attached hydrogens (tertiary/aromatic N) is 2. The number of fused-ring (bicyclic) bond motifs is 1. The molecule has 0 spiro atoms. The van der Waals surface area contributed by atoms with Crippen LogP contribution in [0.5, 0.6) is 0 Å². The Morgan fingerprint density at radius 1 is 1.25 bits per heavy atom. The summed E-state index contributed by atoms with van der Waals surface area (Å²) >= 11 is 0. The first-order valence-electron chi connectivity index (χ1n) is 6.70. The molecule has 1 aromatic heterocycles. The molecular formula is C16H16N2O2. The number of benzene rings is 1.